The van der Waals surface area contributed by atoms with E-state index in [1.54, 1.807) is 12.6 Å². The van der Waals surface area contributed by atoms with Gasteiger partial charge in [-0.3, -0.25) is 4.68 Å². The van der Waals surface area contributed by atoms with E-state index in [2.05, 4.69) is 36.2 Å². The minimum Gasteiger partial charge on any atom is -0.467 e. The zero-order valence-electron chi connectivity index (χ0n) is 11.9. The molecule has 1 unspecified atom stereocenters. The maximum Gasteiger partial charge on any atom is 0.138 e. The van der Waals surface area contributed by atoms with E-state index in [4.69, 9.17) is 4.42 Å². The first-order chi connectivity index (χ1) is 9.26. The summed E-state index contributed by atoms with van der Waals surface area (Å²) < 4.78 is 7.56. The Labute approximate surface area is 114 Å². The van der Waals surface area contributed by atoms with Gasteiger partial charge in [-0.2, -0.15) is 5.10 Å². The highest BCUT2D eigenvalue weighted by Crippen LogP contribution is 2.22. The van der Waals surface area contributed by atoms with E-state index < -0.39 is 0 Å². The second-order valence-corrected chi connectivity index (χ2v) is 4.67. The van der Waals surface area contributed by atoms with E-state index in [0.29, 0.717) is 0 Å². The molecule has 0 spiro atoms. The van der Waals surface area contributed by atoms with Crippen LogP contribution in [0.15, 0.2) is 23.1 Å². The molecule has 0 fully saturated rings. The monoisotopic (exact) mass is 262 g/mol. The van der Waals surface area contributed by atoms with E-state index in [1.165, 1.54) is 5.56 Å². The van der Waals surface area contributed by atoms with Crippen LogP contribution in [0.1, 0.15) is 43.5 Å². The van der Waals surface area contributed by atoms with Gasteiger partial charge in [-0.25, -0.2) is 4.98 Å². The molecular formula is C14H22N4O. The molecule has 5 heteroatoms. The summed E-state index contributed by atoms with van der Waals surface area (Å²) in [6, 6.07) is 2.16. The molecule has 104 valence electrons. The summed E-state index contributed by atoms with van der Waals surface area (Å²) in [7, 11) is 0. The first-order valence-corrected chi connectivity index (χ1v) is 6.90. The van der Waals surface area contributed by atoms with E-state index >= 15 is 0 Å². The van der Waals surface area contributed by atoms with Gasteiger partial charge in [0.25, 0.3) is 0 Å². The zero-order chi connectivity index (χ0) is 13.7. The van der Waals surface area contributed by atoms with Crippen LogP contribution in [-0.2, 0) is 13.0 Å². The molecule has 2 aromatic heterocycles. The van der Waals surface area contributed by atoms with Gasteiger partial charge in [-0.05, 0) is 38.4 Å². The molecular weight excluding hydrogens is 240 g/mol. The van der Waals surface area contributed by atoms with Crippen LogP contribution >= 0.6 is 0 Å². The first-order valence-electron chi connectivity index (χ1n) is 6.90. The number of furan rings is 1. The Hall–Kier alpha value is -1.62. The molecule has 5 nitrogen and oxygen atoms in total. The lowest BCUT2D eigenvalue weighted by Gasteiger charge is -2.17. The lowest BCUT2D eigenvalue weighted by atomic mass is 10.1. The van der Waals surface area contributed by atoms with E-state index in [9.17, 15) is 0 Å². The van der Waals surface area contributed by atoms with Gasteiger partial charge in [0.2, 0.25) is 0 Å². The Morgan fingerprint density at radius 2 is 2.26 bits per heavy atom. The first kappa shape index (κ1) is 13.8. The fraction of sp³-hybridized carbons (Fsp3) is 0.571. The normalized spacial score (nSPS) is 12.8. The maximum atomic E-state index is 5.63. The summed E-state index contributed by atoms with van der Waals surface area (Å²) >= 11 is 0. The summed E-state index contributed by atoms with van der Waals surface area (Å²) in [5.41, 5.74) is 1.18. The highest BCUT2D eigenvalue weighted by molar-refractivity contribution is 5.19. The molecule has 1 atom stereocenters. The molecule has 2 aromatic rings. The van der Waals surface area contributed by atoms with Crippen LogP contribution < -0.4 is 5.32 Å². The predicted octanol–water partition coefficient (Wildman–Crippen LogP) is 2.48. The van der Waals surface area contributed by atoms with Crippen LogP contribution in [0.5, 0.6) is 0 Å². The standard InChI is InChI=1S/C14H22N4O/c1-4-7-15-12(14-11(3)6-8-19-14)9-13-16-10-17-18(13)5-2/h6,8,10,12,15H,4-5,7,9H2,1-3H3. The Bertz CT molecular complexity index is 503. The third-order valence-electron chi connectivity index (χ3n) is 3.24. The number of hydrogen-bond donors (Lipinski definition) is 1. The highest BCUT2D eigenvalue weighted by Gasteiger charge is 2.19. The number of nitrogens with zero attached hydrogens (tertiary/aromatic N) is 3. The number of nitrogens with one attached hydrogen (secondary N) is 1. The summed E-state index contributed by atoms with van der Waals surface area (Å²) in [6.07, 6.45) is 5.25. The SMILES string of the molecule is CCCNC(Cc1ncnn1CC)c1occc1C. The number of aromatic nitrogens is 3. The lowest BCUT2D eigenvalue weighted by molar-refractivity contribution is 0.398. The molecule has 0 aliphatic rings. The van der Waals surface area contributed by atoms with Crippen molar-refractivity contribution in [2.24, 2.45) is 0 Å². The second kappa shape index (κ2) is 6.52. The molecule has 0 radical (unpaired) electrons. The summed E-state index contributed by atoms with van der Waals surface area (Å²) in [4.78, 5) is 4.34. The smallest absolute Gasteiger partial charge is 0.138 e. The molecule has 0 bridgehead atoms. The van der Waals surface area contributed by atoms with Gasteiger partial charge in [0.05, 0.1) is 12.3 Å². The lowest BCUT2D eigenvalue weighted by Crippen LogP contribution is -2.25. The second-order valence-electron chi connectivity index (χ2n) is 4.67. The largest absolute Gasteiger partial charge is 0.467 e. The molecule has 2 heterocycles. The molecule has 1 N–H and O–H groups in total. The van der Waals surface area contributed by atoms with Crippen molar-refractivity contribution in [2.75, 3.05) is 6.54 Å². The number of hydrogen-bond acceptors (Lipinski definition) is 4. The van der Waals surface area contributed by atoms with Gasteiger partial charge in [0.15, 0.2) is 0 Å². The van der Waals surface area contributed by atoms with Crippen molar-refractivity contribution >= 4 is 0 Å². The van der Waals surface area contributed by atoms with Gasteiger partial charge >= 0.3 is 0 Å². The minimum atomic E-state index is 0.157. The molecule has 0 aliphatic carbocycles. The topological polar surface area (TPSA) is 55.9 Å². The van der Waals surface area contributed by atoms with Gasteiger partial charge in [0, 0.05) is 13.0 Å². The van der Waals surface area contributed by atoms with Crippen molar-refractivity contribution in [3.05, 3.63) is 35.8 Å². The molecule has 0 saturated heterocycles. The fourth-order valence-corrected chi connectivity index (χ4v) is 2.21. The Kier molecular flexibility index (Phi) is 4.74. The molecule has 19 heavy (non-hydrogen) atoms. The molecule has 0 amide bonds. The Morgan fingerprint density at radius 1 is 1.42 bits per heavy atom. The quantitative estimate of drug-likeness (QED) is 0.833. The van der Waals surface area contributed by atoms with E-state index in [1.807, 2.05) is 10.7 Å². The third-order valence-corrected chi connectivity index (χ3v) is 3.24. The van der Waals surface area contributed by atoms with Gasteiger partial charge in [0.1, 0.15) is 17.9 Å². The van der Waals surface area contributed by atoms with E-state index in [-0.39, 0.29) is 6.04 Å². The van der Waals surface area contributed by atoms with Crippen LogP contribution in [0.25, 0.3) is 0 Å². The molecule has 0 aromatic carbocycles. The molecule has 0 saturated carbocycles. The van der Waals surface area contributed by atoms with E-state index in [0.717, 1.165) is 37.5 Å². The van der Waals surface area contributed by atoms with Crippen molar-refractivity contribution in [1.29, 1.82) is 0 Å². The maximum absolute atomic E-state index is 5.63. The zero-order valence-corrected chi connectivity index (χ0v) is 11.9. The summed E-state index contributed by atoms with van der Waals surface area (Å²) in [6.45, 7) is 8.11. The van der Waals surface area contributed by atoms with Crippen LogP contribution in [0, 0.1) is 6.92 Å². The minimum absolute atomic E-state index is 0.157. The van der Waals surface area contributed by atoms with Crippen molar-refractivity contribution in [1.82, 2.24) is 20.1 Å². The number of rotatable bonds is 7. The Balaban J connectivity index is 2.17. The van der Waals surface area contributed by atoms with Crippen molar-refractivity contribution in [2.45, 2.75) is 46.2 Å². The summed E-state index contributed by atoms with van der Waals surface area (Å²) in [5.74, 6) is 1.99. The van der Waals surface area contributed by atoms with Crippen molar-refractivity contribution in [3.8, 4) is 0 Å². The van der Waals surface area contributed by atoms with Crippen LogP contribution in [0.4, 0.5) is 0 Å². The van der Waals surface area contributed by atoms with Gasteiger partial charge in [-0.1, -0.05) is 6.92 Å². The van der Waals surface area contributed by atoms with Gasteiger partial charge in [-0.15, -0.1) is 0 Å². The van der Waals surface area contributed by atoms with Crippen LogP contribution in [-0.4, -0.2) is 21.3 Å². The predicted molar refractivity (Wildman–Crippen MR) is 73.9 cm³/mol. The molecule has 0 aliphatic heterocycles. The third kappa shape index (κ3) is 3.23. The van der Waals surface area contributed by atoms with Crippen molar-refractivity contribution < 1.29 is 4.42 Å². The van der Waals surface area contributed by atoms with Gasteiger partial charge < -0.3 is 9.73 Å². The average molecular weight is 262 g/mol. The van der Waals surface area contributed by atoms with Crippen molar-refractivity contribution in [3.63, 3.8) is 0 Å². The average Bonchev–Trinajstić information content (AvgIpc) is 3.03. The van der Waals surface area contributed by atoms with Crippen LogP contribution in [0.3, 0.4) is 0 Å². The molecule has 2 rings (SSSR count). The fourth-order valence-electron chi connectivity index (χ4n) is 2.21. The number of aryl methyl sites for hydroxylation is 2. The van der Waals surface area contributed by atoms with Crippen LogP contribution in [0.2, 0.25) is 0 Å². The summed E-state index contributed by atoms with van der Waals surface area (Å²) in [5, 5.41) is 7.75. The highest BCUT2D eigenvalue weighted by atomic mass is 16.3. The Morgan fingerprint density at radius 3 is 2.89 bits per heavy atom.